The van der Waals surface area contributed by atoms with E-state index >= 15 is 0 Å². The molecule has 11 heteroatoms. The molecule has 0 saturated carbocycles. The highest BCUT2D eigenvalue weighted by Crippen LogP contribution is 2.00. The zero-order valence-electron chi connectivity index (χ0n) is 6.74. The van der Waals surface area contributed by atoms with Crippen molar-refractivity contribution in [2.24, 2.45) is 0 Å². The van der Waals surface area contributed by atoms with Crippen LogP contribution < -0.4 is 0 Å². The first-order valence-electron chi connectivity index (χ1n) is 2.53. The molecule has 10 nitrogen and oxygen atoms in total. The van der Waals surface area contributed by atoms with Crippen molar-refractivity contribution in [2.75, 3.05) is 0 Å². The van der Waals surface area contributed by atoms with Crippen LogP contribution in [-0.2, 0) is 9.47 Å². The van der Waals surface area contributed by atoms with Gasteiger partial charge in [0, 0.05) is 11.0 Å². The van der Waals surface area contributed by atoms with Crippen LogP contribution in [0.1, 0.15) is 0 Å². The van der Waals surface area contributed by atoms with Crippen molar-refractivity contribution in [1.29, 1.82) is 0 Å². The second-order valence-electron chi connectivity index (χ2n) is 1.27. The molecule has 0 aromatic carbocycles. The number of rotatable bonds is 0. The first kappa shape index (κ1) is 18.5. The van der Waals surface area contributed by atoms with Gasteiger partial charge in [-0.15, -0.1) is 0 Å². The first-order valence-corrected chi connectivity index (χ1v) is 2.53. The van der Waals surface area contributed by atoms with E-state index in [2.05, 4.69) is 9.47 Å². The van der Waals surface area contributed by atoms with Crippen molar-refractivity contribution >= 4 is 35.6 Å². The van der Waals surface area contributed by atoms with Crippen molar-refractivity contribution in [3.63, 3.8) is 0 Å². The molecule has 4 N–H and O–H groups in total. The predicted octanol–water partition coefficient (Wildman–Crippen LogP) is 0.337. The van der Waals surface area contributed by atoms with E-state index in [1.165, 1.54) is 0 Å². The molecule has 1 rings (SSSR count). The summed E-state index contributed by atoms with van der Waals surface area (Å²) in [6, 6.07) is 0. The van der Waals surface area contributed by atoms with Gasteiger partial charge in [-0.3, -0.25) is 0 Å². The number of hydrogen-bond acceptors (Lipinski definition) is 6. The zero-order valence-corrected chi connectivity index (χ0v) is 7.74. The Morgan fingerprint density at radius 3 is 0.933 bits per heavy atom. The highest BCUT2D eigenvalue weighted by molar-refractivity contribution is 5.93. The zero-order chi connectivity index (χ0) is 11.7. The van der Waals surface area contributed by atoms with E-state index in [-0.39, 0.29) is 11.0 Å². The van der Waals surface area contributed by atoms with E-state index in [1.54, 1.807) is 0 Å². The molecule has 0 spiro atoms. The third kappa shape index (κ3) is 33.9. The molecule has 0 aromatic rings. The number of ether oxygens (including phenoxy) is 2. The van der Waals surface area contributed by atoms with E-state index in [0.29, 0.717) is 0 Å². The average Bonchev–Trinajstić information content (AvgIpc) is 1.81. The van der Waals surface area contributed by atoms with Crippen molar-refractivity contribution in [2.45, 2.75) is 0 Å². The Morgan fingerprint density at radius 1 is 0.800 bits per heavy atom. The monoisotopic (exact) mass is 240 g/mol. The Hall–Kier alpha value is -2.30. The van der Waals surface area contributed by atoms with Crippen molar-refractivity contribution in [1.82, 2.24) is 0 Å². The summed E-state index contributed by atoms with van der Waals surface area (Å²) in [5.74, 6) is 0. The summed E-state index contributed by atoms with van der Waals surface area (Å²) >= 11 is 0. The maximum atomic E-state index is 9.44. The third-order valence-corrected chi connectivity index (χ3v) is 0.333. The summed E-state index contributed by atoms with van der Waals surface area (Å²) in [5.41, 5.74) is 0. The quantitative estimate of drug-likeness (QED) is 0.263. The van der Waals surface area contributed by atoms with Crippen LogP contribution in [0, 0.1) is 0 Å². The van der Waals surface area contributed by atoms with Crippen LogP contribution in [0.4, 0.5) is 19.2 Å². The molecule has 1 fully saturated rings. The van der Waals surface area contributed by atoms with Gasteiger partial charge in [0.15, 0.2) is 0 Å². The van der Waals surface area contributed by atoms with Gasteiger partial charge < -0.3 is 29.9 Å². The Morgan fingerprint density at radius 2 is 0.933 bits per heavy atom. The molecule has 0 aliphatic carbocycles. The largest absolute Gasteiger partial charge is 0.528 e. The summed E-state index contributed by atoms with van der Waals surface area (Å²) in [6.07, 6.45) is -5.50. The number of carbonyl (C=O) groups excluding carboxylic acids is 2. The van der Waals surface area contributed by atoms with Gasteiger partial charge in [-0.2, -0.15) is 0 Å². The molecule has 84 valence electrons. The molecule has 0 unspecified atom stereocenters. The molecule has 0 amide bonds. The van der Waals surface area contributed by atoms with Crippen molar-refractivity contribution < 1.29 is 49.1 Å². The Kier molecular flexibility index (Phi) is 12.0. The Labute approximate surface area is 85.7 Å². The van der Waals surface area contributed by atoms with Gasteiger partial charge in [0.1, 0.15) is 0 Å². The van der Waals surface area contributed by atoms with Crippen LogP contribution in [0.15, 0.2) is 0 Å². The van der Waals surface area contributed by atoms with Crippen molar-refractivity contribution in [3.05, 3.63) is 0 Å². The molecule has 4 radical (unpaired) electrons. The fourth-order valence-corrected chi connectivity index (χ4v) is 0.144. The fourth-order valence-electron chi connectivity index (χ4n) is 0.144. The lowest BCUT2D eigenvalue weighted by Crippen LogP contribution is -2.27. The predicted molar refractivity (Wildman–Crippen MR) is 40.0 cm³/mol. The molecule has 0 bridgehead atoms. The molecular formula is C4H4O10Si. The second-order valence-corrected chi connectivity index (χ2v) is 1.27. The minimum Gasteiger partial charge on any atom is -0.450 e. The highest BCUT2D eigenvalue weighted by atomic mass is 28.1. The lowest BCUT2D eigenvalue weighted by Gasteiger charge is -2.05. The van der Waals surface area contributed by atoms with E-state index in [9.17, 15) is 9.59 Å². The van der Waals surface area contributed by atoms with Gasteiger partial charge >= 0.3 is 24.6 Å². The van der Waals surface area contributed by atoms with Gasteiger partial charge in [0.2, 0.25) is 0 Å². The molecular weight excluding hydrogens is 236 g/mol. The smallest absolute Gasteiger partial charge is 0.450 e. The minimum absolute atomic E-state index is 0. The van der Waals surface area contributed by atoms with Crippen LogP contribution in [-0.4, -0.2) is 56.0 Å². The second kappa shape index (κ2) is 9.78. The normalized spacial score (nSPS) is 10.4. The summed E-state index contributed by atoms with van der Waals surface area (Å²) in [7, 11) is 0. The number of hydrogen-bond donors (Lipinski definition) is 4. The number of cyclic esters (lactones) is 4. The summed E-state index contributed by atoms with van der Waals surface area (Å²) < 4.78 is 7.28. The highest BCUT2D eigenvalue weighted by Gasteiger charge is 2.27. The van der Waals surface area contributed by atoms with Gasteiger partial charge in [-0.1, -0.05) is 0 Å². The standard InChI is InChI=1S/C2O4.2CH2O3.Si/c3-1-5-2(4)6-1;2*2-1(3)4;/h;2*(H2,2,3,4);. The van der Waals surface area contributed by atoms with E-state index in [0.717, 1.165) is 0 Å². The molecule has 1 aliphatic heterocycles. The van der Waals surface area contributed by atoms with Crippen LogP contribution in [0.5, 0.6) is 0 Å². The lowest BCUT2D eigenvalue weighted by molar-refractivity contribution is 0.00674. The van der Waals surface area contributed by atoms with Gasteiger partial charge in [-0.05, 0) is 0 Å². The number of carbonyl (C=O) groups is 4. The van der Waals surface area contributed by atoms with Crippen LogP contribution >= 0.6 is 0 Å². The first-order chi connectivity index (χ1) is 6.25. The Balaban J connectivity index is -0.000000145. The van der Waals surface area contributed by atoms with E-state index in [4.69, 9.17) is 30.0 Å². The topological polar surface area (TPSA) is 168 Å². The summed E-state index contributed by atoms with van der Waals surface area (Å²) in [5, 5.41) is 27.9. The Bertz CT molecular complexity index is 204. The van der Waals surface area contributed by atoms with Crippen LogP contribution in [0.3, 0.4) is 0 Å². The molecule has 1 aliphatic rings. The molecule has 0 atom stereocenters. The number of carboxylic acid groups (broad SMARTS) is 4. The van der Waals surface area contributed by atoms with Gasteiger partial charge in [0.25, 0.3) is 0 Å². The fraction of sp³-hybridized carbons (Fsp3) is 0. The van der Waals surface area contributed by atoms with Crippen LogP contribution in [0.2, 0.25) is 0 Å². The van der Waals surface area contributed by atoms with Gasteiger partial charge in [0.05, 0.1) is 0 Å². The minimum atomic E-state index is -1.83. The summed E-state index contributed by atoms with van der Waals surface area (Å²) in [6.45, 7) is 0. The molecule has 1 heterocycles. The molecule has 0 aromatic heterocycles. The average molecular weight is 240 g/mol. The maximum Gasteiger partial charge on any atom is 0.528 e. The maximum absolute atomic E-state index is 9.44. The van der Waals surface area contributed by atoms with Crippen molar-refractivity contribution in [3.8, 4) is 0 Å². The van der Waals surface area contributed by atoms with Crippen LogP contribution in [0.25, 0.3) is 0 Å². The molecule has 15 heavy (non-hydrogen) atoms. The van der Waals surface area contributed by atoms with E-state index in [1.807, 2.05) is 0 Å². The summed E-state index contributed by atoms with van der Waals surface area (Å²) in [4.78, 5) is 36.0. The lowest BCUT2D eigenvalue weighted by atomic mass is 11.1. The van der Waals surface area contributed by atoms with E-state index < -0.39 is 24.6 Å². The third-order valence-electron chi connectivity index (χ3n) is 0.333. The SMILES string of the molecule is O=C(O)O.O=C(O)O.O=C1OC(=O)O1.[Si]. The molecule has 1 saturated heterocycles. The van der Waals surface area contributed by atoms with Gasteiger partial charge in [-0.25, -0.2) is 19.2 Å².